The summed E-state index contributed by atoms with van der Waals surface area (Å²) >= 11 is 0. The molecule has 1 aromatic carbocycles. The van der Waals surface area contributed by atoms with Crippen molar-refractivity contribution >= 4 is 12.0 Å². The molecule has 1 aromatic rings. The zero-order chi connectivity index (χ0) is 12.1. The molecule has 2 rings (SSSR count). The summed E-state index contributed by atoms with van der Waals surface area (Å²) in [7, 11) is 0. The summed E-state index contributed by atoms with van der Waals surface area (Å²) in [4.78, 5) is 13.8. The molecule has 0 aromatic heterocycles. The van der Waals surface area contributed by atoms with Crippen LogP contribution in [0, 0.1) is 11.3 Å². The number of hydrogen-bond donors (Lipinski definition) is 0. The van der Waals surface area contributed by atoms with Gasteiger partial charge in [-0.05, 0) is 24.5 Å². The Labute approximate surface area is 101 Å². The molecule has 86 valence electrons. The number of carbonyl (C=O) groups excluding carboxylic acids is 1. The molecule has 3 heteroatoms. The number of likely N-dealkylation sites (tertiary alicyclic amines) is 1. The normalized spacial score (nSPS) is 15.7. The van der Waals surface area contributed by atoms with Crippen molar-refractivity contribution < 1.29 is 4.79 Å². The van der Waals surface area contributed by atoms with Gasteiger partial charge in [0, 0.05) is 13.1 Å². The van der Waals surface area contributed by atoms with Crippen molar-refractivity contribution in [1.29, 1.82) is 5.26 Å². The van der Waals surface area contributed by atoms with E-state index in [1.54, 1.807) is 11.0 Å². The molecule has 1 amide bonds. The predicted octanol–water partition coefficient (Wildman–Crippen LogP) is 2.22. The molecule has 0 N–H and O–H groups in total. The highest BCUT2D eigenvalue weighted by atomic mass is 16.2. The van der Waals surface area contributed by atoms with Crippen LogP contribution in [0.15, 0.2) is 35.9 Å². The van der Waals surface area contributed by atoms with E-state index in [0.717, 1.165) is 31.5 Å². The van der Waals surface area contributed by atoms with Gasteiger partial charge in [-0.3, -0.25) is 4.79 Å². The van der Waals surface area contributed by atoms with Crippen molar-refractivity contribution in [2.75, 3.05) is 13.1 Å². The molecule has 0 unspecified atom stereocenters. The minimum absolute atomic E-state index is 0.145. The highest BCUT2D eigenvalue weighted by Crippen LogP contribution is 2.13. The Morgan fingerprint density at radius 3 is 2.47 bits per heavy atom. The predicted molar refractivity (Wildman–Crippen MR) is 65.8 cm³/mol. The number of amides is 1. The Morgan fingerprint density at radius 2 is 1.88 bits per heavy atom. The van der Waals surface area contributed by atoms with Gasteiger partial charge < -0.3 is 4.90 Å². The molecule has 1 saturated heterocycles. The summed E-state index contributed by atoms with van der Waals surface area (Å²) in [6, 6.07) is 11.5. The topological polar surface area (TPSA) is 44.1 Å². The van der Waals surface area contributed by atoms with E-state index in [0.29, 0.717) is 0 Å². The second-order valence-electron chi connectivity index (χ2n) is 4.08. The van der Waals surface area contributed by atoms with Crippen molar-refractivity contribution in [1.82, 2.24) is 4.90 Å². The van der Waals surface area contributed by atoms with Gasteiger partial charge in [0.2, 0.25) is 0 Å². The number of nitrogens with zero attached hydrogens (tertiary/aromatic N) is 2. The SMILES string of the molecule is N#CC(=Cc1ccccc1)C(=O)N1CCCC1. The van der Waals surface area contributed by atoms with Gasteiger partial charge >= 0.3 is 0 Å². The third kappa shape index (κ3) is 2.73. The lowest BCUT2D eigenvalue weighted by molar-refractivity contribution is -0.125. The van der Waals surface area contributed by atoms with E-state index in [4.69, 9.17) is 5.26 Å². The number of rotatable bonds is 2. The van der Waals surface area contributed by atoms with E-state index >= 15 is 0 Å². The summed E-state index contributed by atoms with van der Waals surface area (Å²) in [5.74, 6) is -0.145. The third-order valence-corrected chi connectivity index (χ3v) is 2.85. The molecular weight excluding hydrogens is 212 g/mol. The lowest BCUT2D eigenvalue weighted by atomic mass is 10.1. The lowest BCUT2D eigenvalue weighted by Crippen LogP contribution is -2.28. The van der Waals surface area contributed by atoms with Crippen LogP contribution in [0.25, 0.3) is 6.08 Å². The molecule has 1 aliphatic rings. The summed E-state index contributed by atoms with van der Waals surface area (Å²) in [5, 5.41) is 9.05. The maximum Gasteiger partial charge on any atom is 0.264 e. The second-order valence-corrected chi connectivity index (χ2v) is 4.08. The lowest BCUT2D eigenvalue weighted by Gasteiger charge is -2.13. The van der Waals surface area contributed by atoms with Crippen LogP contribution in [-0.4, -0.2) is 23.9 Å². The summed E-state index contributed by atoms with van der Waals surface area (Å²) in [6.07, 6.45) is 3.73. The van der Waals surface area contributed by atoms with Crippen molar-refractivity contribution in [3.63, 3.8) is 0 Å². The largest absolute Gasteiger partial charge is 0.338 e. The third-order valence-electron chi connectivity index (χ3n) is 2.85. The van der Waals surface area contributed by atoms with Gasteiger partial charge in [0.15, 0.2) is 0 Å². The van der Waals surface area contributed by atoms with E-state index in [9.17, 15) is 4.79 Å². The first-order valence-corrected chi connectivity index (χ1v) is 5.77. The Balaban J connectivity index is 2.19. The molecule has 1 heterocycles. The molecule has 3 nitrogen and oxygen atoms in total. The van der Waals surface area contributed by atoms with Crippen LogP contribution in [0.5, 0.6) is 0 Å². The molecular formula is C14H14N2O. The standard InChI is InChI=1S/C14H14N2O/c15-11-13(10-12-6-2-1-3-7-12)14(17)16-8-4-5-9-16/h1-3,6-7,10H,4-5,8-9H2. The smallest absolute Gasteiger partial charge is 0.264 e. The second kappa shape index (κ2) is 5.31. The zero-order valence-electron chi connectivity index (χ0n) is 9.60. The Morgan fingerprint density at radius 1 is 1.24 bits per heavy atom. The molecule has 17 heavy (non-hydrogen) atoms. The maximum atomic E-state index is 12.0. The molecule has 0 aliphatic carbocycles. The number of carbonyl (C=O) groups is 1. The molecule has 0 radical (unpaired) electrons. The quantitative estimate of drug-likeness (QED) is 0.573. The van der Waals surface area contributed by atoms with Crippen molar-refractivity contribution in [3.05, 3.63) is 41.5 Å². The number of hydrogen-bond acceptors (Lipinski definition) is 2. The van der Waals surface area contributed by atoms with Gasteiger partial charge in [-0.15, -0.1) is 0 Å². The first kappa shape index (κ1) is 11.4. The Kier molecular flexibility index (Phi) is 3.56. The highest BCUT2D eigenvalue weighted by molar-refractivity contribution is 6.01. The number of nitriles is 1. The van der Waals surface area contributed by atoms with E-state index < -0.39 is 0 Å². The Bertz CT molecular complexity index is 465. The minimum Gasteiger partial charge on any atom is -0.338 e. The molecule has 1 fully saturated rings. The van der Waals surface area contributed by atoms with Crippen molar-refractivity contribution in [2.24, 2.45) is 0 Å². The van der Waals surface area contributed by atoms with Crippen LogP contribution in [0.2, 0.25) is 0 Å². The monoisotopic (exact) mass is 226 g/mol. The zero-order valence-corrected chi connectivity index (χ0v) is 9.60. The van der Waals surface area contributed by atoms with Crippen molar-refractivity contribution in [2.45, 2.75) is 12.8 Å². The van der Waals surface area contributed by atoms with Gasteiger partial charge in [-0.25, -0.2) is 0 Å². The van der Waals surface area contributed by atoms with Crippen molar-refractivity contribution in [3.8, 4) is 6.07 Å². The van der Waals surface area contributed by atoms with Gasteiger partial charge in [0.1, 0.15) is 11.6 Å². The van der Waals surface area contributed by atoms with Gasteiger partial charge in [0.25, 0.3) is 5.91 Å². The van der Waals surface area contributed by atoms with Crippen LogP contribution in [0.1, 0.15) is 18.4 Å². The average Bonchev–Trinajstić information content (AvgIpc) is 2.90. The maximum absolute atomic E-state index is 12.0. The van der Waals surface area contributed by atoms with Crippen LogP contribution in [0.4, 0.5) is 0 Å². The van der Waals surface area contributed by atoms with Gasteiger partial charge in [0.05, 0.1) is 0 Å². The average molecular weight is 226 g/mol. The van der Waals surface area contributed by atoms with E-state index in [1.807, 2.05) is 36.4 Å². The molecule has 1 aliphatic heterocycles. The number of benzene rings is 1. The fraction of sp³-hybridized carbons (Fsp3) is 0.286. The molecule has 0 saturated carbocycles. The summed E-state index contributed by atoms with van der Waals surface area (Å²) < 4.78 is 0. The Hall–Kier alpha value is -2.08. The summed E-state index contributed by atoms with van der Waals surface area (Å²) in [5.41, 5.74) is 1.11. The van der Waals surface area contributed by atoms with Gasteiger partial charge in [-0.2, -0.15) is 5.26 Å². The fourth-order valence-corrected chi connectivity index (χ4v) is 1.95. The van der Waals surface area contributed by atoms with Gasteiger partial charge in [-0.1, -0.05) is 30.3 Å². The van der Waals surface area contributed by atoms with Crippen LogP contribution in [-0.2, 0) is 4.79 Å². The van der Waals surface area contributed by atoms with E-state index in [-0.39, 0.29) is 11.5 Å². The van der Waals surface area contributed by atoms with Crippen LogP contribution < -0.4 is 0 Å². The fourth-order valence-electron chi connectivity index (χ4n) is 1.95. The molecule has 0 atom stereocenters. The van der Waals surface area contributed by atoms with Crippen LogP contribution >= 0.6 is 0 Å². The minimum atomic E-state index is -0.145. The van der Waals surface area contributed by atoms with Crippen LogP contribution in [0.3, 0.4) is 0 Å². The van der Waals surface area contributed by atoms with E-state index in [2.05, 4.69) is 0 Å². The first-order chi connectivity index (χ1) is 8.31. The molecule has 0 spiro atoms. The highest BCUT2D eigenvalue weighted by Gasteiger charge is 2.21. The summed E-state index contributed by atoms with van der Waals surface area (Å²) in [6.45, 7) is 1.54. The molecule has 0 bridgehead atoms. The van der Waals surface area contributed by atoms with E-state index in [1.165, 1.54) is 0 Å². The first-order valence-electron chi connectivity index (χ1n) is 5.77.